The standard InChI is InChI=1S/C37H46BN5O6/c1-21-14-26(33(39)44)15-22(2)28(21)18-29(42-36(46)49-37(4,5)6)35(45)43(20-24-12-13-31(47-7)32(16-24)48-8)23(3)34-40-19-30(41-34)25-10-9-11-27(38)17-25/h9-17,19,23,29H,18,20,38H2,1-8H3,(H2,39,44)(H,40,41)(H,42,46)/t23-,29-/m0/s1. The lowest BCUT2D eigenvalue weighted by Crippen LogP contribution is -2.51. The van der Waals surface area contributed by atoms with Gasteiger partial charge >= 0.3 is 6.09 Å². The van der Waals surface area contributed by atoms with E-state index in [1.54, 1.807) is 58.1 Å². The van der Waals surface area contributed by atoms with Crippen LogP contribution >= 0.6 is 0 Å². The van der Waals surface area contributed by atoms with Gasteiger partial charge in [-0.3, -0.25) is 9.59 Å². The quantitative estimate of drug-likeness (QED) is 0.191. The lowest BCUT2D eigenvalue weighted by molar-refractivity contribution is -0.136. The van der Waals surface area contributed by atoms with Gasteiger partial charge in [0.2, 0.25) is 11.8 Å². The van der Waals surface area contributed by atoms with E-state index >= 15 is 0 Å². The maximum Gasteiger partial charge on any atom is 0.408 e. The zero-order valence-corrected chi connectivity index (χ0v) is 29.8. The van der Waals surface area contributed by atoms with Crippen LogP contribution in [0.2, 0.25) is 0 Å². The Morgan fingerprint density at radius 1 is 1.00 bits per heavy atom. The molecule has 0 aliphatic heterocycles. The number of imidazole rings is 1. The lowest BCUT2D eigenvalue weighted by Gasteiger charge is -2.33. The van der Waals surface area contributed by atoms with Gasteiger partial charge in [0.05, 0.1) is 26.0 Å². The van der Waals surface area contributed by atoms with E-state index in [0.717, 1.165) is 39.0 Å². The first kappa shape index (κ1) is 36.6. The van der Waals surface area contributed by atoms with Gasteiger partial charge in [0.1, 0.15) is 25.3 Å². The van der Waals surface area contributed by atoms with Crippen molar-refractivity contribution >= 4 is 31.2 Å². The van der Waals surface area contributed by atoms with Gasteiger partial charge in [0, 0.05) is 30.3 Å². The Kier molecular flexibility index (Phi) is 11.4. The maximum atomic E-state index is 14.8. The number of nitrogens with two attached hydrogens (primary N) is 1. The van der Waals surface area contributed by atoms with Crippen LogP contribution in [0, 0.1) is 13.8 Å². The molecule has 0 radical (unpaired) electrons. The van der Waals surface area contributed by atoms with Gasteiger partial charge in [-0.2, -0.15) is 0 Å². The van der Waals surface area contributed by atoms with Gasteiger partial charge in [-0.25, -0.2) is 9.78 Å². The van der Waals surface area contributed by atoms with E-state index in [1.807, 2.05) is 71.2 Å². The second kappa shape index (κ2) is 15.3. The maximum absolute atomic E-state index is 14.8. The Labute approximate surface area is 288 Å². The highest BCUT2D eigenvalue weighted by atomic mass is 16.6. The molecule has 0 aliphatic rings. The molecule has 3 aromatic carbocycles. The van der Waals surface area contributed by atoms with Crippen LogP contribution in [-0.2, 0) is 22.5 Å². The minimum Gasteiger partial charge on any atom is -0.493 e. The number of nitrogens with zero attached hydrogens (tertiary/aromatic N) is 2. The smallest absolute Gasteiger partial charge is 0.408 e. The van der Waals surface area contributed by atoms with Crippen LogP contribution in [-0.4, -0.2) is 66.5 Å². The molecule has 0 bridgehead atoms. The van der Waals surface area contributed by atoms with Crippen LogP contribution in [0.1, 0.15) is 72.2 Å². The molecule has 0 unspecified atom stereocenters. The molecule has 0 fully saturated rings. The molecule has 12 heteroatoms. The minimum absolute atomic E-state index is 0.136. The number of primary amides is 1. The first-order valence-electron chi connectivity index (χ1n) is 16.1. The van der Waals surface area contributed by atoms with Crippen molar-refractivity contribution in [1.29, 1.82) is 0 Å². The summed E-state index contributed by atoms with van der Waals surface area (Å²) in [5.74, 6) is 0.736. The molecule has 258 valence electrons. The molecule has 2 atom stereocenters. The number of alkyl carbamates (subject to hydrolysis) is 1. The van der Waals surface area contributed by atoms with E-state index < -0.39 is 29.7 Å². The molecular weight excluding hydrogens is 621 g/mol. The van der Waals surface area contributed by atoms with E-state index in [4.69, 9.17) is 24.9 Å². The number of ether oxygens (including phenoxy) is 3. The number of carbonyl (C=O) groups is 3. The first-order valence-corrected chi connectivity index (χ1v) is 16.1. The van der Waals surface area contributed by atoms with Crippen LogP contribution in [0.25, 0.3) is 11.3 Å². The molecule has 0 spiro atoms. The predicted molar refractivity (Wildman–Crippen MR) is 192 cm³/mol. The Bertz CT molecular complexity index is 1810. The van der Waals surface area contributed by atoms with Crippen LogP contribution in [0.15, 0.2) is 60.8 Å². The van der Waals surface area contributed by atoms with Crippen LogP contribution < -0.4 is 26.0 Å². The molecule has 0 aliphatic carbocycles. The summed E-state index contributed by atoms with van der Waals surface area (Å²) in [6.45, 7) is 11.0. The summed E-state index contributed by atoms with van der Waals surface area (Å²) >= 11 is 0. The SMILES string of the molecule is Bc1cccc(-c2c[nH]c([C@H](C)N(Cc3ccc(OC)c(OC)c3)C(=O)[C@H](Cc3c(C)cc(C(N)=O)cc3C)NC(=O)OC(C)(C)C)n2)c1. The molecule has 1 heterocycles. The highest BCUT2D eigenvalue weighted by Crippen LogP contribution is 2.31. The van der Waals surface area contributed by atoms with Crippen molar-refractivity contribution in [3.05, 3.63) is 94.4 Å². The van der Waals surface area contributed by atoms with E-state index in [1.165, 1.54) is 0 Å². The Morgan fingerprint density at radius 2 is 1.67 bits per heavy atom. The van der Waals surface area contributed by atoms with Gasteiger partial charge in [0.25, 0.3) is 0 Å². The van der Waals surface area contributed by atoms with Crippen molar-refractivity contribution < 1.29 is 28.6 Å². The number of benzene rings is 3. The number of H-pyrrole nitrogens is 1. The second-order valence-electron chi connectivity index (χ2n) is 13.2. The summed E-state index contributed by atoms with van der Waals surface area (Å²) in [6.07, 6.45) is 1.23. The third-order valence-corrected chi connectivity index (χ3v) is 8.24. The number of rotatable bonds is 12. The number of methoxy groups -OCH3 is 2. The van der Waals surface area contributed by atoms with Gasteiger partial charge in [-0.05, 0) is 88.1 Å². The average molecular weight is 668 g/mol. The molecule has 4 rings (SSSR count). The number of carbonyl (C=O) groups excluding carboxylic acids is 3. The summed E-state index contributed by atoms with van der Waals surface area (Å²) in [4.78, 5) is 49.9. The molecule has 3 amide bonds. The van der Waals surface area contributed by atoms with Crippen molar-refractivity contribution in [2.75, 3.05) is 14.2 Å². The van der Waals surface area contributed by atoms with Crippen molar-refractivity contribution in [2.24, 2.45) is 5.73 Å². The van der Waals surface area contributed by atoms with E-state index in [-0.39, 0.29) is 18.9 Å². The highest BCUT2D eigenvalue weighted by Gasteiger charge is 2.33. The summed E-state index contributed by atoms with van der Waals surface area (Å²) in [7, 11) is 5.13. The van der Waals surface area contributed by atoms with Crippen LogP contribution in [0.4, 0.5) is 4.79 Å². The predicted octanol–water partition coefficient (Wildman–Crippen LogP) is 4.29. The van der Waals surface area contributed by atoms with Gasteiger partial charge < -0.3 is 35.1 Å². The van der Waals surface area contributed by atoms with E-state index in [2.05, 4.69) is 10.3 Å². The van der Waals surface area contributed by atoms with Gasteiger partial charge in [-0.15, -0.1) is 0 Å². The monoisotopic (exact) mass is 667 g/mol. The molecule has 4 N–H and O–H groups in total. The third-order valence-electron chi connectivity index (χ3n) is 8.24. The van der Waals surface area contributed by atoms with Crippen LogP contribution in [0.3, 0.4) is 0 Å². The van der Waals surface area contributed by atoms with Crippen molar-refractivity contribution in [3.63, 3.8) is 0 Å². The molecule has 0 saturated carbocycles. The highest BCUT2D eigenvalue weighted by molar-refractivity contribution is 6.32. The molecule has 0 saturated heterocycles. The number of aromatic nitrogens is 2. The number of hydrogen-bond acceptors (Lipinski definition) is 7. The van der Waals surface area contributed by atoms with Crippen molar-refractivity contribution in [2.45, 2.75) is 72.2 Å². The number of amides is 3. The molecule has 1 aromatic heterocycles. The first-order chi connectivity index (χ1) is 23.1. The minimum atomic E-state index is -1.04. The van der Waals surface area contributed by atoms with Gasteiger partial charge in [-0.1, -0.05) is 35.8 Å². The summed E-state index contributed by atoms with van der Waals surface area (Å²) in [5.41, 5.74) is 11.1. The fourth-order valence-electron chi connectivity index (χ4n) is 5.74. The topological polar surface area (TPSA) is 149 Å². The zero-order chi connectivity index (χ0) is 36.0. The van der Waals surface area contributed by atoms with Gasteiger partial charge in [0.15, 0.2) is 11.5 Å². The number of aromatic amines is 1. The largest absolute Gasteiger partial charge is 0.493 e. The average Bonchev–Trinajstić information content (AvgIpc) is 3.53. The molecule has 49 heavy (non-hydrogen) atoms. The lowest BCUT2D eigenvalue weighted by atomic mass is 9.93. The Balaban J connectivity index is 1.79. The van der Waals surface area contributed by atoms with E-state index in [9.17, 15) is 14.4 Å². The van der Waals surface area contributed by atoms with Crippen LogP contribution in [0.5, 0.6) is 11.5 Å². The molecule has 11 nitrogen and oxygen atoms in total. The summed E-state index contributed by atoms with van der Waals surface area (Å²) < 4.78 is 16.6. The number of aryl methyl sites for hydroxylation is 2. The molecular formula is C37H46BN5O6. The van der Waals surface area contributed by atoms with Crippen molar-refractivity contribution in [1.82, 2.24) is 20.2 Å². The Morgan fingerprint density at radius 3 is 2.27 bits per heavy atom. The number of nitrogens with one attached hydrogen (secondary N) is 2. The zero-order valence-electron chi connectivity index (χ0n) is 29.8. The van der Waals surface area contributed by atoms with E-state index in [0.29, 0.717) is 22.9 Å². The number of hydrogen-bond donors (Lipinski definition) is 3. The normalized spacial score (nSPS) is 12.5. The third kappa shape index (κ3) is 9.22. The van der Waals surface area contributed by atoms with Crippen molar-refractivity contribution in [3.8, 4) is 22.8 Å². The summed E-state index contributed by atoms with van der Waals surface area (Å²) in [5, 5.41) is 2.85. The molecule has 4 aromatic rings. The fourth-order valence-corrected chi connectivity index (χ4v) is 5.74. The Hall–Kier alpha value is -5.26. The summed E-state index contributed by atoms with van der Waals surface area (Å²) in [6, 6.07) is 15.3. The fraction of sp³-hybridized carbons (Fsp3) is 0.351. The second-order valence-corrected chi connectivity index (χ2v) is 13.2.